The molecule has 3 aromatic heterocycles. The van der Waals surface area contributed by atoms with Crippen LogP contribution in [0.5, 0.6) is 0 Å². The van der Waals surface area contributed by atoms with Crippen molar-refractivity contribution in [2.75, 3.05) is 32.1 Å². The maximum atomic E-state index is 12.3. The average Bonchev–Trinajstić information content (AvgIpc) is 3.07. The van der Waals surface area contributed by atoms with E-state index >= 15 is 0 Å². The molecule has 4 heterocycles. The van der Waals surface area contributed by atoms with Crippen LogP contribution in [0.15, 0.2) is 36.9 Å². The van der Waals surface area contributed by atoms with Crippen LogP contribution in [0.25, 0.3) is 22.0 Å². The van der Waals surface area contributed by atoms with Crippen LogP contribution in [0.4, 0.5) is 5.82 Å². The molecule has 140 valence electrons. The van der Waals surface area contributed by atoms with Crippen molar-refractivity contribution in [3.05, 3.63) is 36.9 Å². The van der Waals surface area contributed by atoms with E-state index in [1.165, 1.54) is 0 Å². The zero-order chi connectivity index (χ0) is 18.8. The lowest BCUT2D eigenvalue weighted by Crippen LogP contribution is -2.41. The maximum Gasteiger partial charge on any atom is 0.228 e. The Labute approximate surface area is 157 Å². The number of aromatic nitrogens is 4. The minimum atomic E-state index is -0.0938. The third-order valence-corrected chi connectivity index (χ3v) is 4.63. The van der Waals surface area contributed by atoms with Crippen LogP contribution in [0.1, 0.15) is 6.42 Å². The highest BCUT2D eigenvalue weighted by Gasteiger charge is 2.20. The molecule has 3 aromatic rings. The van der Waals surface area contributed by atoms with Crippen molar-refractivity contribution in [2.45, 2.75) is 12.5 Å². The van der Waals surface area contributed by atoms with Gasteiger partial charge in [0, 0.05) is 49.7 Å². The molecule has 1 aliphatic heterocycles. The topological polar surface area (TPSA) is 85.2 Å². The van der Waals surface area contributed by atoms with Gasteiger partial charge in [-0.1, -0.05) is 0 Å². The molecule has 0 saturated carbocycles. The molecule has 1 amide bonds. The number of morpholine rings is 1. The van der Waals surface area contributed by atoms with Crippen LogP contribution in [0.2, 0.25) is 0 Å². The molecule has 0 aliphatic carbocycles. The summed E-state index contributed by atoms with van der Waals surface area (Å²) in [7, 11) is 3.90. The highest BCUT2D eigenvalue weighted by molar-refractivity contribution is 5.93. The number of nitrogens with zero attached hydrogens (tertiary/aromatic N) is 5. The standard InChI is InChI=1S/C19H22N6O2/c1-24-3-4-27-16(12-24)7-19(26)23-18-6-13-5-17(15-10-22-25(2)11-15)20-8-14(13)9-21-18/h5-6,8-11,16H,3-4,7,12H2,1-2H3,(H,21,23,26). The van der Waals surface area contributed by atoms with Gasteiger partial charge in [-0.15, -0.1) is 0 Å². The van der Waals surface area contributed by atoms with E-state index in [0.29, 0.717) is 18.8 Å². The van der Waals surface area contributed by atoms with Gasteiger partial charge in [-0.25, -0.2) is 4.98 Å². The zero-order valence-electron chi connectivity index (χ0n) is 15.4. The molecule has 1 unspecified atom stereocenters. The summed E-state index contributed by atoms with van der Waals surface area (Å²) >= 11 is 0. The van der Waals surface area contributed by atoms with Crippen molar-refractivity contribution < 1.29 is 9.53 Å². The SMILES string of the molecule is CN1CCOC(CC(=O)Nc2cc3cc(-c4cnn(C)c4)ncc3cn2)C1. The van der Waals surface area contributed by atoms with E-state index in [2.05, 4.69) is 25.3 Å². The first-order valence-corrected chi connectivity index (χ1v) is 8.91. The van der Waals surface area contributed by atoms with Crippen molar-refractivity contribution in [1.29, 1.82) is 0 Å². The lowest BCUT2D eigenvalue weighted by molar-refractivity contribution is -0.120. The second-order valence-corrected chi connectivity index (χ2v) is 6.90. The average molecular weight is 366 g/mol. The highest BCUT2D eigenvalue weighted by atomic mass is 16.5. The van der Waals surface area contributed by atoms with Crippen molar-refractivity contribution in [2.24, 2.45) is 7.05 Å². The Morgan fingerprint density at radius 3 is 2.85 bits per heavy atom. The van der Waals surface area contributed by atoms with E-state index in [9.17, 15) is 4.79 Å². The van der Waals surface area contributed by atoms with Gasteiger partial charge in [0.15, 0.2) is 0 Å². The number of hydrogen-bond acceptors (Lipinski definition) is 6. The van der Waals surface area contributed by atoms with E-state index in [1.807, 2.05) is 32.4 Å². The molecule has 8 heteroatoms. The summed E-state index contributed by atoms with van der Waals surface area (Å²) < 4.78 is 7.39. The molecule has 8 nitrogen and oxygen atoms in total. The molecule has 1 aliphatic rings. The Morgan fingerprint density at radius 2 is 2.07 bits per heavy atom. The van der Waals surface area contributed by atoms with E-state index < -0.39 is 0 Å². The Hall–Kier alpha value is -2.84. The molecule has 0 radical (unpaired) electrons. The minimum Gasteiger partial charge on any atom is -0.375 e. The number of nitrogens with one attached hydrogen (secondary N) is 1. The van der Waals surface area contributed by atoms with E-state index in [-0.39, 0.29) is 12.0 Å². The fourth-order valence-corrected chi connectivity index (χ4v) is 3.21. The number of rotatable bonds is 4. The number of amides is 1. The normalized spacial score (nSPS) is 17.9. The van der Waals surface area contributed by atoms with Crippen molar-refractivity contribution >= 4 is 22.5 Å². The minimum absolute atomic E-state index is 0.0782. The van der Waals surface area contributed by atoms with Crippen LogP contribution in [0, 0.1) is 0 Å². The van der Waals surface area contributed by atoms with Gasteiger partial charge in [-0.2, -0.15) is 5.10 Å². The lowest BCUT2D eigenvalue weighted by atomic mass is 10.1. The molecular weight excluding hydrogens is 344 g/mol. The predicted molar refractivity (Wildman–Crippen MR) is 102 cm³/mol. The monoisotopic (exact) mass is 366 g/mol. The third kappa shape index (κ3) is 4.12. The quantitative estimate of drug-likeness (QED) is 0.756. The summed E-state index contributed by atoms with van der Waals surface area (Å²) in [4.78, 5) is 23.3. The molecule has 0 spiro atoms. The summed E-state index contributed by atoms with van der Waals surface area (Å²) in [6, 6.07) is 3.84. The molecule has 4 rings (SSSR count). The largest absolute Gasteiger partial charge is 0.375 e. The molecular formula is C19H22N6O2. The van der Waals surface area contributed by atoms with Crippen LogP contribution >= 0.6 is 0 Å². The Balaban J connectivity index is 1.49. The second kappa shape index (κ2) is 7.42. The summed E-state index contributed by atoms with van der Waals surface area (Å²) in [5.74, 6) is 0.434. The number of anilines is 1. The number of fused-ring (bicyclic) bond motifs is 1. The van der Waals surface area contributed by atoms with Gasteiger partial charge in [0.25, 0.3) is 0 Å². The van der Waals surface area contributed by atoms with E-state index in [1.54, 1.807) is 23.3 Å². The van der Waals surface area contributed by atoms with Crippen molar-refractivity contribution in [3.8, 4) is 11.3 Å². The fourth-order valence-electron chi connectivity index (χ4n) is 3.21. The van der Waals surface area contributed by atoms with Crippen molar-refractivity contribution in [3.63, 3.8) is 0 Å². The van der Waals surface area contributed by atoms with E-state index in [0.717, 1.165) is 35.1 Å². The summed E-state index contributed by atoms with van der Waals surface area (Å²) in [5, 5.41) is 8.93. The van der Waals surface area contributed by atoms with Gasteiger partial charge in [-0.3, -0.25) is 14.5 Å². The lowest BCUT2D eigenvalue weighted by Gasteiger charge is -2.29. The Bertz CT molecular complexity index is 970. The summed E-state index contributed by atoms with van der Waals surface area (Å²) in [6.45, 7) is 2.32. The number of hydrogen-bond donors (Lipinski definition) is 1. The molecule has 1 atom stereocenters. The van der Waals surface area contributed by atoms with Gasteiger partial charge in [0.05, 0.1) is 31.0 Å². The maximum absolute atomic E-state index is 12.3. The Morgan fingerprint density at radius 1 is 1.22 bits per heavy atom. The van der Waals surface area contributed by atoms with Crippen LogP contribution in [-0.2, 0) is 16.6 Å². The summed E-state index contributed by atoms with van der Waals surface area (Å²) in [5.41, 5.74) is 1.78. The second-order valence-electron chi connectivity index (χ2n) is 6.90. The first-order chi connectivity index (χ1) is 13.1. The zero-order valence-corrected chi connectivity index (χ0v) is 15.4. The van der Waals surface area contributed by atoms with Gasteiger partial charge < -0.3 is 15.0 Å². The molecule has 1 saturated heterocycles. The number of pyridine rings is 2. The predicted octanol–water partition coefficient (Wildman–Crippen LogP) is 1.69. The molecule has 27 heavy (non-hydrogen) atoms. The smallest absolute Gasteiger partial charge is 0.228 e. The first-order valence-electron chi connectivity index (χ1n) is 8.91. The molecule has 0 bridgehead atoms. The van der Waals surface area contributed by atoms with Crippen LogP contribution < -0.4 is 5.32 Å². The number of likely N-dealkylation sites (N-methyl/N-ethyl adjacent to an activating group) is 1. The van der Waals surface area contributed by atoms with E-state index in [4.69, 9.17) is 4.74 Å². The van der Waals surface area contributed by atoms with Gasteiger partial charge in [-0.05, 0) is 24.6 Å². The summed E-state index contributed by atoms with van der Waals surface area (Å²) in [6.07, 6.45) is 7.43. The molecule has 0 aromatic carbocycles. The van der Waals surface area contributed by atoms with Gasteiger partial charge in [0.1, 0.15) is 5.82 Å². The Kier molecular flexibility index (Phi) is 4.83. The highest BCUT2D eigenvalue weighted by Crippen LogP contribution is 2.23. The van der Waals surface area contributed by atoms with Crippen molar-refractivity contribution in [1.82, 2.24) is 24.6 Å². The third-order valence-electron chi connectivity index (χ3n) is 4.63. The van der Waals surface area contributed by atoms with Gasteiger partial charge >= 0.3 is 0 Å². The first kappa shape index (κ1) is 17.6. The number of aryl methyl sites for hydroxylation is 1. The number of carbonyl (C=O) groups is 1. The number of ether oxygens (including phenoxy) is 1. The number of carbonyl (C=O) groups excluding carboxylic acids is 1. The fraction of sp³-hybridized carbons (Fsp3) is 0.368. The molecule has 1 N–H and O–H groups in total. The molecule has 1 fully saturated rings. The van der Waals surface area contributed by atoms with Gasteiger partial charge in [0.2, 0.25) is 5.91 Å². The van der Waals surface area contributed by atoms with Crippen LogP contribution in [-0.4, -0.2) is 63.4 Å². The van der Waals surface area contributed by atoms with Crippen LogP contribution in [0.3, 0.4) is 0 Å².